The molecule has 6 heteroatoms. The van der Waals surface area contributed by atoms with E-state index in [4.69, 9.17) is 0 Å². The summed E-state index contributed by atoms with van der Waals surface area (Å²) in [6.07, 6.45) is 1.02. The highest BCUT2D eigenvalue weighted by Crippen LogP contribution is 2.20. The molecule has 0 radical (unpaired) electrons. The number of guanidine groups is 1. The minimum atomic E-state index is 0.105. The Labute approximate surface area is 170 Å². The average molecular weight is 388 g/mol. The second-order valence-electron chi connectivity index (χ2n) is 8.71. The number of nitrogens with zero attached hydrogens (tertiary/aromatic N) is 3. The maximum absolute atomic E-state index is 12.0. The van der Waals surface area contributed by atoms with Crippen LogP contribution in [0.5, 0.6) is 0 Å². The molecule has 0 bridgehead atoms. The Morgan fingerprint density at radius 1 is 1.14 bits per heavy atom. The minimum absolute atomic E-state index is 0.105. The number of amides is 1. The largest absolute Gasteiger partial charge is 0.356 e. The van der Waals surface area contributed by atoms with Gasteiger partial charge in [0.05, 0.1) is 6.54 Å². The number of carbonyl (C=O) groups is 1. The minimum Gasteiger partial charge on any atom is -0.356 e. The van der Waals surface area contributed by atoms with Gasteiger partial charge < -0.3 is 15.5 Å². The van der Waals surface area contributed by atoms with Crippen LogP contribution in [0.3, 0.4) is 0 Å². The maximum atomic E-state index is 12.0. The quantitative estimate of drug-likeness (QED) is 0.555. The molecule has 1 amide bonds. The van der Waals surface area contributed by atoms with Crippen molar-refractivity contribution in [3.8, 4) is 0 Å². The first-order valence-corrected chi connectivity index (χ1v) is 10.3. The van der Waals surface area contributed by atoms with Crippen LogP contribution in [-0.2, 0) is 11.2 Å². The highest BCUT2D eigenvalue weighted by atomic mass is 16.2. The van der Waals surface area contributed by atoms with Crippen LogP contribution >= 0.6 is 0 Å². The van der Waals surface area contributed by atoms with Crippen LogP contribution in [0.2, 0.25) is 0 Å². The lowest BCUT2D eigenvalue weighted by molar-refractivity contribution is -0.123. The molecule has 0 spiro atoms. The van der Waals surface area contributed by atoms with Crippen LogP contribution in [0.1, 0.15) is 33.3 Å². The third-order valence-corrected chi connectivity index (χ3v) is 4.95. The van der Waals surface area contributed by atoms with E-state index in [-0.39, 0.29) is 17.4 Å². The first kappa shape index (κ1) is 22.2. The number of aliphatic imine (C=N–C) groups is 1. The summed E-state index contributed by atoms with van der Waals surface area (Å²) in [5.41, 5.74) is 1.49. The van der Waals surface area contributed by atoms with E-state index < -0.39 is 0 Å². The van der Waals surface area contributed by atoms with E-state index in [1.165, 1.54) is 5.56 Å². The Bertz CT molecular complexity index is 634. The topological polar surface area (TPSA) is 60.0 Å². The summed E-state index contributed by atoms with van der Waals surface area (Å²) in [5.74, 6) is 1.06. The molecule has 2 rings (SSSR count). The van der Waals surface area contributed by atoms with Crippen LogP contribution in [0.15, 0.2) is 35.3 Å². The number of piperazine rings is 1. The third kappa shape index (κ3) is 7.50. The van der Waals surface area contributed by atoms with Crippen molar-refractivity contribution in [3.05, 3.63) is 35.9 Å². The monoisotopic (exact) mass is 387 g/mol. The molecule has 2 N–H and O–H groups in total. The molecule has 28 heavy (non-hydrogen) atoms. The van der Waals surface area contributed by atoms with Gasteiger partial charge in [-0.25, -0.2) is 0 Å². The van der Waals surface area contributed by atoms with Gasteiger partial charge in [-0.1, -0.05) is 44.2 Å². The zero-order chi connectivity index (χ0) is 20.6. The zero-order valence-corrected chi connectivity index (χ0v) is 18.2. The van der Waals surface area contributed by atoms with Gasteiger partial charge in [0.15, 0.2) is 5.96 Å². The molecule has 6 nitrogen and oxygen atoms in total. The summed E-state index contributed by atoms with van der Waals surface area (Å²) >= 11 is 0. The van der Waals surface area contributed by atoms with Crippen molar-refractivity contribution in [2.75, 3.05) is 46.3 Å². The number of rotatable bonds is 7. The summed E-state index contributed by atoms with van der Waals surface area (Å²) in [6.45, 7) is 13.4. The third-order valence-electron chi connectivity index (χ3n) is 4.95. The Morgan fingerprint density at radius 3 is 2.36 bits per heavy atom. The fourth-order valence-corrected chi connectivity index (χ4v) is 3.55. The molecule has 156 valence electrons. The van der Waals surface area contributed by atoms with Crippen molar-refractivity contribution in [1.82, 2.24) is 20.4 Å². The summed E-state index contributed by atoms with van der Waals surface area (Å²) < 4.78 is 0. The molecule has 1 heterocycles. The fourth-order valence-electron chi connectivity index (χ4n) is 3.55. The van der Waals surface area contributed by atoms with Crippen LogP contribution < -0.4 is 10.6 Å². The van der Waals surface area contributed by atoms with Crippen LogP contribution in [0, 0.1) is 5.41 Å². The Hall–Kier alpha value is -2.08. The highest BCUT2D eigenvalue weighted by Gasteiger charge is 2.24. The van der Waals surface area contributed by atoms with E-state index in [0.29, 0.717) is 6.54 Å². The Kier molecular flexibility index (Phi) is 8.30. The first-order valence-electron chi connectivity index (χ1n) is 10.3. The molecule has 1 aromatic carbocycles. The molecular weight excluding hydrogens is 350 g/mol. The first-order chi connectivity index (χ1) is 13.3. The smallest absolute Gasteiger partial charge is 0.234 e. The lowest BCUT2D eigenvalue weighted by Crippen LogP contribution is -2.55. The predicted octanol–water partition coefficient (Wildman–Crippen LogP) is 1.97. The molecule has 0 saturated carbocycles. The molecule has 1 aliphatic heterocycles. The van der Waals surface area contributed by atoms with E-state index >= 15 is 0 Å². The second kappa shape index (κ2) is 10.5. The molecule has 0 unspecified atom stereocenters. The molecule has 1 aromatic rings. The number of hydrogen-bond donors (Lipinski definition) is 2. The SMILES string of the molecule is CN=C(NCC(C)(C)Cc1ccccc1)N1CCN(CC(=O)NC(C)C)CC1. The van der Waals surface area contributed by atoms with Gasteiger partial charge in [-0.2, -0.15) is 0 Å². The Balaban J connectivity index is 1.79. The van der Waals surface area contributed by atoms with Gasteiger partial charge in [-0.15, -0.1) is 0 Å². The maximum Gasteiger partial charge on any atom is 0.234 e. The Morgan fingerprint density at radius 2 is 1.79 bits per heavy atom. The lowest BCUT2D eigenvalue weighted by atomic mass is 9.86. The highest BCUT2D eigenvalue weighted by molar-refractivity contribution is 5.80. The van der Waals surface area contributed by atoms with Gasteiger partial charge in [0, 0.05) is 45.8 Å². The number of nitrogens with one attached hydrogen (secondary N) is 2. The lowest BCUT2D eigenvalue weighted by Gasteiger charge is -2.37. The van der Waals surface area contributed by atoms with Crippen LogP contribution in [0.4, 0.5) is 0 Å². The van der Waals surface area contributed by atoms with E-state index in [9.17, 15) is 4.79 Å². The summed E-state index contributed by atoms with van der Waals surface area (Å²) in [5, 5.41) is 6.52. The molecule has 0 aromatic heterocycles. The van der Waals surface area contributed by atoms with Crippen molar-refractivity contribution in [2.24, 2.45) is 10.4 Å². The molecule has 1 aliphatic rings. The van der Waals surface area contributed by atoms with E-state index in [2.05, 4.69) is 69.6 Å². The van der Waals surface area contributed by atoms with Crippen molar-refractivity contribution >= 4 is 11.9 Å². The van der Waals surface area contributed by atoms with Gasteiger partial charge >= 0.3 is 0 Å². The number of benzene rings is 1. The van der Waals surface area contributed by atoms with Crippen molar-refractivity contribution in [2.45, 2.75) is 40.2 Å². The van der Waals surface area contributed by atoms with Crippen LogP contribution in [-0.4, -0.2) is 74.0 Å². The van der Waals surface area contributed by atoms with Crippen molar-refractivity contribution in [3.63, 3.8) is 0 Å². The predicted molar refractivity (Wildman–Crippen MR) is 117 cm³/mol. The van der Waals surface area contributed by atoms with Gasteiger partial charge in [-0.3, -0.25) is 14.7 Å². The van der Waals surface area contributed by atoms with Crippen molar-refractivity contribution < 1.29 is 4.79 Å². The average Bonchev–Trinajstić information content (AvgIpc) is 2.63. The molecule has 0 atom stereocenters. The van der Waals surface area contributed by atoms with E-state index in [1.807, 2.05) is 20.9 Å². The van der Waals surface area contributed by atoms with E-state index in [1.54, 1.807) is 0 Å². The van der Waals surface area contributed by atoms with Gasteiger partial charge in [0.1, 0.15) is 0 Å². The normalized spacial score (nSPS) is 16.4. The molecular formula is C22H37N5O. The number of carbonyl (C=O) groups excluding carboxylic acids is 1. The summed E-state index contributed by atoms with van der Waals surface area (Å²) in [7, 11) is 1.84. The summed E-state index contributed by atoms with van der Waals surface area (Å²) in [6, 6.07) is 10.8. The molecule has 0 aliphatic carbocycles. The molecule has 1 saturated heterocycles. The van der Waals surface area contributed by atoms with Gasteiger partial charge in [-0.05, 0) is 31.2 Å². The standard InChI is InChI=1S/C22H37N5O/c1-18(2)25-20(28)16-26-11-13-27(14-12-26)21(23-5)24-17-22(3,4)15-19-9-7-6-8-10-19/h6-10,18H,11-17H2,1-5H3,(H,23,24)(H,25,28). The van der Waals surface area contributed by atoms with Crippen molar-refractivity contribution in [1.29, 1.82) is 0 Å². The fraction of sp³-hybridized carbons (Fsp3) is 0.636. The molecule has 1 fully saturated rings. The zero-order valence-electron chi connectivity index (χ0n) is 18.2. The van der Waals surface area contributed by atoms with Gasteiger partial charge in [0.25, 0.3) is 0 Å². The van der Waals surface area contributed by atoms with Gasteiger partial charge in [0.2, 0.25) is 5.91 Å². The van der Waals surface area contributed by atoms with Crippen LogP contribution in [0.25, 0.3) is 0 Å². The second-order valence-corrected chi connectivity index (χ2v) is 8.71. The van der Waals surface area contributed by atoms with E-state index in [0.717, 1.165) is 45.1 Å². The number of hydrogen-bond acceptors (Lipinski definition) is 3. The summed E-state index contributed by atoms with van der Waals surface area (Å²) in [4.78, 5) is 20.9.